The largest absolute Gasteiger partial charge is 0.486 e. The first-order chi connectivity index (χ1) is 8.92. The number of nitrogens with one attached hydrogen (secondary N) is 2. The summed E-state index contributed by atoms with van der Waals surface area (Å²) in [6.45, 7) is 4.60. The lowest BCUT2D eigenvalue weighted by molar-refractivity contribution is 0.171. The fourth-order valence-corrected chi connectivity index (χ4v) is 2.51. The molecular formula is C14H20N2O2. The van der Waals surface area contributed by atoms with Crippen LogP contribution < -0.4 is 20.1 Å². The summed E-state index contributed by atoms with van der Waals surface area (Å²) in [5.41, 5.74) is 1.12. The second kappa shape index (κ2) is 5.48. The first kappa shape index (κ1) is 11.7. The lowest BCUT2D eigenvalue weighted by Crippen LogP contribution is -2.33. The van der Waals surface area contributed by atoms with Crippen molar-refractivity contribution < 1.29 is 9.47 Å². The normalized spacial score (nSPS) is 22.6. The van der Waals surface area contributed by atoms with Crippen molar-refractivity contribution in [1.29, 1.82) is 0 Å². The highest BCUT2D eigenvalue weighted by molar-refractivity contribution is 5.55. The molecule has 0 radical (unpaired) electrons. The molecule has 1 atom stereocenters. The Hall–Kier alpha value is -1.42. The highest BCUT2D eigenvalue weighted by Crippen LogP contribution is 2.32. The third-order valence-electron chi connectivity index (χ3n) is 3.54. The first-order valence-electron chi connectivity index (χ1n) is 6.76. The molecular weight excluding hydrogens is 228 g/mol. The molecule has 1 fully saturated rings. The van der Waals surface area contributed by atoms with E-state index in [1.165, 1.54) is 19.4 Å². The topological polar surface area (TPSA) is 42.5 Å². The van der Waals surface area contributed by atoms with Crippen LogP contribution in [0.1, 0.15) is 12.8 Å². The zero-order valence-electron chi connectivity index (χ0n) is 10.6. The predicted octanol–water partition coefficient (Wildman–Crippen LogP) is 1.87. The van der Waals surface area contributed by atoms with Gasteiger partial charge in [0.1, 0.15) is 13.2 Å². The SMILES string of the molecule is c1cc2c(cc1NCC1CCCNC1)OCCO2. The van der Waals surface area contributed by atoms with E-state index in [1.807, 2.05) is 12.1 Å². The maximum Gasteiger partial charge on any atom is 0.163 e. The van der Waals surface area contributed by atoms with Gasteiger partial charge in [0.25, 0.3) is 0 Å². The van der Waals surface area contributed by atoms with E-state index in [9.17, 15) is 0 Å². The molecule has 18 heavy (non-hydrogen) atoms. The van der Waals surface area contributed by atoms with E-state index in [-0.39, 0.29) is 0 Å². The number of hydrogen-bond donors (Lipinski definition) is 2. The maximum absolute atomic E-state index is 5.58. The van der Waals surface area contributed by atoms with Crippen LogP contribution in [-0.4, -0.2) is 32.8 Å². The summed E-state index contributed by atoms with van der Waals surface area (Å²) in [6, 6.07) is 6.07. The predicted molar refractivity (Wildman–Crippen MR) is 71.5 cm³/mol. The van der Waals surface area contributed by atoms with Gasteiger partial charge >= 0.3 is 0 Å². The van der Waals surface area contributed by atoms with Crippen LogP contribution in [0.4, 0.5) is 5.69 Å². The van der Waals surface area contributed by atoms with Crippen LogP contribution in [0.15, 0.2) is 18.2 Å². The molecule has 2 aliphatic heterocycles. The monoisotopic (exact) mass is 248 g/mol. The molecule has 0 spiro atoms. The maximum atomic E-state index is 5.58. The van der Waals surface area contributed by atoms with Crippen molar-refractivity contribution in [2.24, 2.45) is 5.92 Å². The van der Waals surface area contributed by atoms with Crippen molar-refractivity contribution in [1.82, 2.24) is 5.32 Å². The molecule has 0 aromatic heterocycles. The molecule has 0 aliphatic carbocycles. The fraction of sp³-hybridized carbons (Fsp3) is 0.571. The summed E-state index contributed by atoms with van der Waals surface area (Å²) in [7, 11) is 0. The Kier molecular flexibility index (Phi) is 3.55. The van der Waals surface area contributed by atoms with E-state index in [4.69, 9.17) is 9.47 Å². The summed E-state index contributed by atoms with van der Waals surface area (Å²) in [5, 5.41) is 6.93. The van der Waals surface area contributed by atoms with Gasteiger partial charge in [-0.2, -0.15) is 0 Å². The lowest BCUT2D eigenvalue weighted by atomic mass is 10.00. The molecule has 3 rings (SSSR count). The number of anilines is 1. The van der Waals surface area contributed by atoms with Gasteiger partial charge in [-0.3, -0.25) is 0 Å². The van der Waals surface area contributed by atoms with Crippen LogP contribution in [0.5, 0.6) is 11.5 Å². The molecule has 0 saturated carbocycles. The summed E-state index contributed by atoms with van der Waals surface area (Å²) in [6.07, 6.45) is 2.60. The molecule has 4 nitrogen and oxygen atoms in total. The Bertz CT molecular complexity index is 403. The van der Waals surface area contributed by atoms with Crippen LogP contribution >= 0.6 is 0 Å². The zero-order valence-corrected chi connectivity index (χ0v) is 10.6. The molecule has 1 aromatic rings. The average Bonchev–Trinajstić information content (AvgIpc) is 2.46. The molecule has 4 heteroatoms. The number of benzene rings is 1. The minimum absolute atomic E-state index is 0.642. The van der Waals surface area contributed by atoms with Gasteiger partial charge in [-0.15, -0.1) is 0 Å². The molecule has 98 valence electrons. The minimum Gasteiger partial charge on any atom is -0.486 e. The Morgan fingerprint density at radius 2 is 2.11 bits per heavy atom. The van der Waals surface area contributed by atoms with Crippen LogP contribution in [0.25, 0.3) is 0 Å². The van der Waals surface area contributed by atoms with Gasteiger partial charge in [0, 0.05) is 18.3 Å². The summed E-state index contributed by atoms with van der Waals surface area (Å²) in [5.74, 6) is 2.44. The zero-order chi connectivity index (χ0) is 12.2. The number of piperidine rings is 1. The molecule has 0 bridgehead atoms. The summed E-state index contributed by atoms with van der Waals surface area (Å²) < 4.78 is 11.1. The molecule has 2 heterocycles. The van der Waals surface area contributed by atoms with Gasteiger partial charge in [0.2, 0.25) is 0 Å². The first-order valence-corrected chi connectivity index (χ1v) is 6.76. The van der Waals surface area contributed by atoms with Crippen LogP contribution in [0.2, 0.25) is 0 Å². The average molecular weight is 248 g/mol. The Morgan fingerprint density at radius 1 is 1.22 bits per heavy atom. The standard InChI is InChI=1S/C14H20N2O2/c1-2-11(9-15-5-1)10-16-12-3-4-13-14(8-12)18-7-6-17-13/h3-4,8,11,15-16H,1-2,5-7,9-10H2. The third kappa shape index (κ3) is 2.70. The van der Waals surface area contributed by atoms with E-state index >= 15 is 0 Å². The summed E-state index contributed by atoms with van der Waals surface area (Å²) in [4.78, 5) is 0. The highest BCUT2D eigenvalue weighted by Gasteiger charge is 2.14. The van der Waals surface area contributed by atoms with Gasteiger partial charge < -0.3 is 20.1 Å². The van der Waals surface area contributed by atoms with E-state index in [2.05, 4.69) is 16.7 Å². The van der Waals surface area contributed by atoms with Crippen molar-refractivity contribution in [3.8, 4) is 11.5 Å². The van der Waals surface area contributed by atoms with Crippen molar-refractivity contribution in [3.63, 3.8) is 0 Å². The molecule has 1 saturated heterocycles. The van der Waals surface area contributed by atoms with Gasteiger partial charge in [-0.1, -0.05) is 0 Å². The summed E-state index contributed by atoms with van der Waals surface area (Å²) >= 11 is 0. The second-order valence-electron chi connectivity index (χ2n) is 4.95. The quantitative estimate of drug-likeness (QED) is 0.857. The minimum atomic E-state index is 0.642. The van der Waals surface area contributed by atoms with E-state index in [0.29, 0.717) is 13.2 Å². The van der Waals surface area contributed by atoms with Gasteiger partial charge in [-0.25, -0.2) is 0 Å². The molecule has 2 N–H and O–H groups in total. The van der Waals surface area contributed by atoms with Crippen molar-refractivity contribution in [3.05, 3.63) is 18.2 Å². The third-order valence-corrected chi connectivity index (χ3v) is 3.54. The number of hydrogen-bond acceptors (Lipinski definition) is 4. The second-order valence-corrected chi connectivity index (χ2v) is 4.95. The van der Waals surface area contributed by atoms with E-state index in [0.717, 1.165) is 36.2 Å². The van der Waals surface area contributed by atoms with E-state index < -0.39 is 0 Å². The fourth-order valence-electron chi connectivity index (χ4n) is 2.51. The van der Waals surface area contributed by atoms with Gasteiger partial charge in [0.05, 0.1) is 0 Å². The van der Waals surface area contributed by atoms with Crippen LogP contribution in [0, 0.1) is 5.92 Å². The number of rotatable bonds is 3. The van der Waals surface area contributed by atoms with E-state index in [1.54, 1.807) is 0 Å². The number of ether oxygens (including phenoxy) is 2. The van der Waals surface area contributed by atoms with Gasteiger partial charge in [-0.05, 0) is 44.0 Å². The Balaban J connectivity index is 1.58. The Labute approximate surface area is 108 Å². The molecule has 0 amide bonds. The highest BCUT2D eigenvalue weighted by atomic mass is 16.6. The smallest absolute Gasteiger partial charge is 0.163 e. The van der Waals surface area contributed by atoms with Crippen molar-refractivity contribution in [2.45, 2.75) is 12.8 Å². The van der Waals surface area contributed by atoms with Crippen molar-refractivity contribution >= 4 is 5.69 Å². The molecule has 2 aliphatic rings. The molecule has 1 unspecified atom stereocenters. The van der Waals surface area contributed by atoms with Gasteiger partial charge in [0.15, 0.2) is 11.5 Å². The Morgan fingerprint density at radius 3 is 2.94 bits per heavy atom. The lowest BCUT2D eigenvalue weighted by Gasteiger charge is -2.24. The number of fused-ring (bicyclic) bond motifs is 1. The van der Waals surface area contributed by atoms with Crippen molar-refractivity contribution in [2.75, 3.05) is 38.2 Å². The molecule has 1 aromatic carbocycles. The van der Waals surface area contributed by atoms with Crippen LogP contribution in [-0.2, 0) is 0 Å². The van der Waals surface area contributed by atoms with Crippen LogP contribution in [0.3, 0.4) is 0 Å².